The number of phenols is 1. The van der Waals surface area contributed by atoms with Crippen LogP contribution in [0.25, 0.3) is 11.1 Å². The number of alkyl halides is 1. The molecule has 0 amide bonds. The minimum Gasteiger partial charge on any atom is -0.506 e. The number of hydrogen-bond donors (Lipinski definition) is 3. The normalized spacial score (nSPS) is 9.60. The first-order valence-electron chi connectivity index (χ1n) is 7.39. The number of anilines is 1. The van der Waals surface area contributed by atoms with Crippen molar-refractivity contribution < 1.29 is 20.9 Å². The zero-order valence-electron chi connectivity index (χ0n) is 14.3. The van der Waals surface area contributed by atoms with Gasteiger partial charge in [0.25, 0.3) is 5.97 Å². The van der Waals surface area contributed by atoms with E-state index < -0.39 is 5.97 Å². The van der Waals surface area contributed by atoms with Crippen molar-refractivity contribution in [3.8, 4) is 5.75 Å². The van der Waals surface area contributed by atoms with E-state index in [4.69, 9.17) is 36.8 Å². The van der Waals surface area contributed by atoms with Gasteiger partial charge in [0.15, 0.2) is 5.58 Å². The first-order valence-corrected chi connectivity index (χ1v) is 7.93. The predicted molar refractivity (Wildman–Crippen MR) is 101 cm³/mol. The van der Waals surface area contributed by atoms with Crippen molar-refractivity contribution in [3.05, 3.63) is 53.4 Å². The zero-order chi connectivity index (χ0) is 19.0. The van der Waals surface area contributed by atoms with Crippen LogP contribution in [0.15, 0.2) is 40.8 Å². The topological polar surface area (TPSA) is 110 Å². The number of nitrogens with zero attached hydrogens (tertiary/aromatic N) is 1. The van der Waals surface area contributed by atoms with E-state index in [9.17, 15) is 0 Å². The molecule has 3 aromatic rings. The maximum absolute atomic E-state index is 9.00. The summed E-state index contributed by atoms with van der Waals surface area (Å²) in [7, 11) is 0. The molecular weight excluding hydrogens is 344 g/mol. The molecule has 136 valence electrons. The van der Waals surface area contributed by atoms with Crippen molar-refractivity contribution in [3.63, 3.8) is 0 Å². The fourth-order valence-corrected chi connectivity index (χ4v) is 1.93. The number of fused-ring (bicyclic) bond motifs is 1. The van der Waals surface area contributed by atoms with E-state index >= 15 is 0 Å². The Hall–Kier alpha value is -2.73. The highest BCUT2D eigenvalue weighted by Crippen LogP contribution is 2.19. The molecule has 4 N–H and O–H groups in total. The molecule has 0 aliphatic heterocycles. The van der Waals surface area contributed by atoms with Crippen molar-refractivity contribution >= 4 is 34.4 Å². The number of benzene rings is 2. The number of oxazole rings is 1. The third-order valence-corrected chi connectivity index (χ3v) is 3.11. The maximum Gasteiger partial charge on any atom is 0.300 e. The van der Waals surface area contributed by atoms with Gasteiger partial charge in [-0.25, -0.2) is 4.98 Å². The Morgan fingerprint density at radius 2 is 1.80 bits per heavy atom. The molecule has 0 aliphatic rings. The highest BCUT2D eigenvalue weighted by atomic mass is 35.5. The standard InChI is InChI=1S/C9H8ClNO.C7H9NO.C2H4O2.H2/c1-6-2-3-8-7(4-6)11-9(5-10)12-8;1-5-2-3-7(9)6(8)4-5;1-2(3)4;/h2-4H,5H2,1H3;2-4,9H,8H2,1H3;1H3,(H,3,4);1H/i;;;1+1. The van der Waals surface area contributed by atoms with E-state index in [1.807, 2.05) is 38.1 Å². The molecule has 6 nitrogen and oxygen atoms in total. The first kappa shape index (κ1) is 20.3. The smallest absolute Gasteiger partial charge is 0.300 e. The van der Waals surface area contributed by atoms with Crippen LogP contribution in [0.3, 0.4) is 0 Å². The molecule has 25 heavy (non-hydrogen) atoms. The molecule has 0 aliphatic carbocycles. The minimum atomic E-state index is -0.833. The molecule has 0 saturated carbocycles. The summed E-state index contributed by atoms with van der Waals surface area (Å²) in [4.78, 5) is 13.2. The Morgan fingerprint density at radius 1 is 1.24 bits per heavy atom. The number of nitrogens with two attached hydrogens (primary N) is 1. The third-order valence-electron chi connectivity index (χ3n) is 2.88. The van der Waals surface area contributed by atoms with E-state index in [2.05, 4.69) is 4.98 Å². The molecule has 0 saturated heterocycles. The van der Waals surface area contributed by atoms with Gasteiger partial charge in [-0.15, -0.1) is 11.6 Å². The molecule has 0 bridgehead atoms. The maximum atomic E-state index is 9.00. The summed E-state index contributed by atoms with van der Waals surface area (Å²) in [5.41, 5.74) is 9.73. The van der Waals surface area contributed by atoms with Gasteiger partial charge in [-0.05, 0) is 49.2 Å². The number of hydrogen-bond acceptors (Lipinski definition) is 5. The highest BCUT2D eigenvalue weighted by Gasteiger charge is 2.03. The number of aryl methyl sites for hydroxylation is 2. The van der Waals surface area contributed by atoms with Crippen LogP contribution in [-0.4, -0.2) is 21.2 Å². The molecule has 0 spiro atoms. The lowest BCUT2D eigenvalue weighted by atomic mass is 10.2. The third kappa shape index (κ3) is 7.14. The van der Waals surface area contributed by atoms with Crippen LogP contribution in [0.4, 0.5) is 5.69 Å². The number of rotatable bonds is 1. The second kappa shape index (κ2) is 9.54. The second-order valence-corrected chi connectivity index (χ2v) is 5.56. The average molecular weight is 368 g/mol. The van der Waals surface area contributed by atoms with E-state index in [1.165, 1.54) is 5.56 Å². The number of phenolic OH excluding ortho intramolecular Hbond substituents is 1. The van der Waals surface area contributed by atoms with Crippen LogP contribution in [0, 0.1) is 13.8 Å². The van der Waals surface area contributed by atoms with Gasteiger partial charge in [0.05, 0.1) is 11.6 Å². The van der Waals surface area contributed by atoms with Crippen LogP contribution >= 0.6 is 11.6 Å². The fraction of sp³-hybridized carbons (Fsp3) is 0.222. The van der Waals surface area contributed by atoms with Crippen LogP contribution in [0.5, 0.6) is 5.75 Å². The first-order chi connectivity index (χ1) is 11.7. The number of aromatic nitrogens is 1. The lowest BCUT2D eigenvalue weighted by Crippen LogP contribution is -1.85. The highest BCUT2D eigenvalue weighted by molar-refractivity contribution is 6.16. The molecule has 2 aromatic carbocycles. The van der Waals surface area contributed by atoms with Crippen molar-refractivity contribution in [2.45, 2.75) is 26.7 Å². The minimum absolute atomic E-state index is 0. The van der Waals surface area contributed by atoms with Gasteiger partial charge in [0.2, 0.25) is 5.89 Å². The molecule has 0 fully saturated rings. The second-order valence-electron chi connectivity index (χ2n) is 5.29. The summed E-state index contributed by atoms with van der Waals surface area (Å²) in [6.07, 6.45) is 0. The van der Waals surface area contributed by atoms with Crippen molar-refractivity contribution in [2.24, 2.45) is 0 Å². The van der Waals surface area contributed by atoms with Gasteiger partial charge in [0.1, 0.15) is 11.3 Å². The molecule has 0 radical (unpaired) electrons. The summed E-state index contributed by atoms with van der Waals surface area (Å²) in [6.45, 7) is 5.03. The predicted octanol–water partition coefficient (Wildman–Crippen LogP) is 4.49. The Morgan fingerprint density at radius 3 is 2.32 bits per heavy atom. The largest absolute Gasteiger partial charge is 0.506 e. The Bertz CT molecular complexity index is 848. The fourth-order valence-electron chi connectivity index (χ4n) is 1.82. The van der Waals surface area contributed by atoms with E-state index in [-0.39, 0.29) is 7.18 Å². The molecule has 1 heterocycles. The Kier molecular flexibility index (Phi) is 7.75. The Balaban J connectivity index is 0.000000399. The van der Waals surface area contributed by atoms with E-state index in [0.717, 1.165) is 23.6 Å². The number of nitrogen functional groups attached to an aromatic ring is 1. The van der Waals surface area contributed by atoms with Gasteiger partial charge in [-0.2, -0.15) is 0 Å². The lowest BCUT2D eigenvalue weighted by molar-refractivity contribution is -0.134. The SMILES string of the molecule is CC(=O)O.Cc1ccc(O)c(N)c1.Cc1ccc2oc(CCl)nc2c1.[2HH]. The van der Waals surface area contributed by atoms with Crippen LogP contribution < -0.4 is 5.73 Å². The lowest BCUT2D eigenvalue weighted by Gasteiger charge is -1.97. The summed E-state index contributed by atoms with van der Waals surface area (Å²) < 4.78 is 5.33. The van der Waals surface area contributed by atoms with Crippen molar-refractivity contribution in [2.75, 3.05) is 5.73 Å². The van der Waals surface area contributed by atoms with Gasteiger partial charge in [-0.1, -0.05) is 12.1 Å². The van der Waals surface area contributed by atoms with E-state index in [1.54, 1.807) is 12.1 Å². The number of aliphatic carboxylic acids is 1. The summed E-state index contributed by atoms with van der Waals surface area (Å²) >= 11 is 5.58. The molecular formula is C18H23ClN2O4. The summed E-state index contributed by atoms with van der Waals surface area (Å²) in [5.74, 6) is 0.228. The van der Waals surface area contributed by atoms with Crippen LogP contribution in [0.2, 0.25) is 0 Å². The zero-order valence-corrected chi connectivity index (χ0v) is 15.0. The van der Waals surface area contributed by atoms with Crippen LogP contribution in [0.1, 0.15) is 25.4 Å². The molecule has 1 aromatic heterocycles. The van der Waals surface area contributed by atoms with E-state index in [0.29, 0.717) is 17.5 Å². The van der Waals surface area contributed by atoms with Gasteiger partial charge in [-0.3, -0.25) is 4.79 Å². The van der Waals surface area contributed by atoms with Gasteiger partial charge >= 0.3 is 0 Å². The van der Waals surface area contributed by atoms with Crippen molar-refractivity contribution in [1.29, 1.82) is 0 Å². The number of aromatic hydroxyl groups is 1. The van der Waals surface area contributed by atoms with Crippen LogP contribution in [-0.2, 0) is 10.7 Å². The number of carbonyl (C=O) groups is 1. The monoisotopic (exact) mass is 367 g/mol. The van der Waals surface area contributed by atoms with Gasteiger partial charge in [0, 0.05) is 8.35 Å². The molecule has 0 unspecified atom stereocenters. The summed E-state index contributed by atoms with van der Waals surface area (Å²) in [5, 5.41) is 16.3. The van der Waals surface area contributed by atoms with Crippen molar-refractivity contribution in [1.82, 2.24) is 4.98 Å². The quantitative estimate of drug-likeness (QED) is 0.332. The number of carboxylic acids is 1. The molecule has 7 heteroatoms. The Labute approximate surface area is 152 Å². The summed E-state index contributed by atoms with van der Waals surface area (Å²) in [6, 6.07) is 11.0. The molecule has 3 rings (SSSR count). The van der Waals surface area contributed by atoms with Gasteiger partial charge < -0.3 is 20.4 Å². The number of halogens is 1. The molecule has 0 atom stereocenters. The number of carboxylic acid groups (broad SMARTS) is 1. The average Bonchev–Trinajstić information content (AvgIpc) is 2.93.